The number of aryl methyl sites for hydroxylation is 1. The molecule has 20 heavy (non-hydrogen) atoms. The van der Waals surface area contributed by atoms with E-state index in [9.17, 15) is 4.79 Å². The summed E-state index contributed by atoms with van der Waals surface area (Å²) in [5, 5.41) is 8.98. The number of rotatable bonds is 4. The molecule has 3 aromatic rings. The molecule has 0 aliphatic rings. The molecule has 0 aromatic carbocycles. The van der Waals surface area contributed by atoms with Gasteiger partial charge in [-0.15, -0.1) is 11.3 Å². The molecule has 0 spiro atoms. The van der Waals surface area contributed by atoms with Gasteiger partial charge in [-0.05, 0) is 23.9 Å². The van der Waals surface area contributed by atoms with E-state index in [-0.39, 0.29) is 5.56 Å². The second-order valence-electron chi connectivity index (χ2n) is 4.59. The molecular formula is C13H14N4O2S. The lowest BCUT2D eigenvalue weighted by molar-refractivity contribution is 0.181. The predicted molar refractivity (Wildman–Crippen MR) is 77.0 cm³/mol. The molecule has 6 nitrogen and oxygen atoms in total. The van der Waals surface area contributed by atoms with Gasteiger partial charge in [-0.3, -0.25) is 14.5 Å². The molecule has 1 N–H and O–H groups in total. The third kappa shape index (κ3) is 2.25. The fourth-order valence-electron chi connectivity index (χ4n) is 2.07. The zero-order valence-electron chi connectivity index (χ0n) is 11.2. The maximum Gasteiger partial charge on any atom is 0.271 e. The zero-order valence-corrected chi connectivity index (χ0v) is 12.0. The number of nitrogens with one attached hydrogen (secondary N) is 1. The number of hydrogen-bond donors (Lipinski definition) is 1. The van der Waals surface area contributed by atoms with Crippen molar-refractivity contribution in [2.24, 2.45) is 0 Å². The molecule has 0 atom stereocenters. The Balaban J connectivity index is 1.94. The molecule has 3 rings (SSSR count). The van der Waals surface area contributed by atoms with Crippen LogP contribution in [0.2, 0.25) is 0 Å². The fourth-order valence-corrected chi connectivity index (χ4v) is 3.02. The van der Waals surface area contributed by atoms with Crippen LogP contribution in [0.5, 0.6) is 0 Å². The Morgan fingerprint density at radius 1 is 1.50 bits per heavy atom. The SMILES string of the molecule is COCc1cc(Cn2cnc3c(C)csc3c2=O)[nH]n1. The third-order valence-corrected chi connectivity index (χ3v) is 4.12. The molecule has 0 bridgehead atoms. The lowest BCUT2D eigenvalue weighted by atomic mass is 10.3. The van der Waals surface area contributed by atoms with Gasteiger partial charge in [0.2, 0.25) is 0 Å². The van der Waals surface area contributed by atoms with Crippen LogP contribution < -0.4 is 5.56 Å². The van der Waals surface area contributed by atoms with Crippen molar-refractivity contribution in [3.05, 3.63) is 45.1 Å². The molecule has 0 aliphatic heterocycles. The minimum absolute atomic E-state index is 0.0176. The van der Waals surface area contributed by atoms with Crippen LogP contribution >= 0.6 is 11.3 Å². The van der Waals surface area contributed by atoms with E-state index in [4.69, 9.17) is 4.74 Å². The molecule has 0 amide bonds. The average Bonchev–Trinajstić information content (AvgIpc) is 3.02. The number of ether oxygens (including phenoxy) is 1. The summed E-state index contributed by atoms with van der Waals surface area (Å²) in [6.07, 6.45) is 1.58. The fraction of sp³-hybridized carbons (Fsp3) is 0.308. The van der Waals surface area contributed by atoms with Crippen molar-refractivity contribution in [3.63, 3.8) is 0 Å². The maximum atomic E-state index is 12.4. The molecule has 3 aromatic heterocycles. The van der Waals surface area contributed by atoms with Gasteiger partial charge in [0.05, 0.1) is 36.4 Å². The second-order valence-corrected chi connectivity index (χ2v) is 5.47. The van der Waals surface area contributed by atoms with Crippen LogP contribution in [0.15, 0.2) is 22.6 Å². The molecule has 7 heteroatoms. The summed E-state index contributed by atoms with van der Waals surface area (Å²) in [7, 11) is 1.62. The molecule has 0 saturated carbocycles. The predicted octanol–water partition coefficient (Wildman–Crippen LogP) is 1.68. The summed E-state index contributed by atoms with van der Waals surface area (Å²) in [5.41, 5.74) is 3.49. The van der Waals surface area contributed by atoms with Crippen LogP contribution in [-0.2, 0) is 17.9 Å². The number of aromatic nitrogens is 4. The van der Waals surface area contributed by atoms with Crippen LogP contribution in [0.4, 0.5) is 0 Å². The highest BCUT2D eigenvalue weighted by molar-refractivity contribution is 7.17. The van der Waals surface area contributed by atoms with Crippen LogP contribution in [0.25, 0.3) is 10.2 Å². The summed E-state index contributed by atoms with van der Waals surface area (Å²) in [5.74, 6) is 0. The summed E-state index contributed by atoms with van der Waals surface area (Å²) in [6, 6.07) is 1.89. The number of fused-ring (bicyclic) bond motifs is 1. The van der Waals surface area contributed by atoms with Crippen molar-refractivity contribution in [2.75, 3.05) is 7.11 Å². The van der Waals surface area contributed by atoms with Gasteiger partial charge in [-0.1, -0.05) is 0 Å². The third-order valence-electron chi connectivity index (χ3n) is 3.04. The highest BCUT2D eigenvalue weighted by Gasteiger charge is 2.09. The summed E-state index contributed by atoms with van der Waals surface area (Å²) < 4.78 is 7.30. The van der Waals surface area contributed by atoms with Crippen molar-refractivity contribution in [2.45, 2.75) is 20.1 Å². The Bertz CT molecular complexity index is 802. The van der Waals surface area contributed by atoms with E-state index in [2.05, 4.69) is 15.2 Å². The Kier molecular flexibility index (Phi) is 3.37. The number of nitrogens with zero attached hydrogens (tertiary/aromatic N) is 3. The maximum absolute atomic E-state index is 12.4. The standard InChI is InChI=1S/C13H14N4O2S/c1-8-6-20-12-11(8)14-7-17(13(12)18)4-9-3-10(5-19-2)16-15-9/h3,6-7H,4-5H2,1-2H3,(H,15,16). The van der Waals surface area contributed by atoms with Crippen LogP contribution in [0.3, 0.4) is 0 Å². The van der Waals surface area contributed by atoms with Crippen molar-refractivity contribution in [1.29, 1.82) is 0 Å². The summed E-state index contributed by atoms with van der Waals surface area (Å²) in [6.45, 7) is 2.84. The Morgan fingerprint density at radius 3 is 3.15 bits per heavy atom. The number of methoxy groups -OCH3 is 1. The molecular weight excluding hydrogens is 276 g/mol. The van der Waals surface area contributed by atoms with Gasteiger partial charge in [0.25, 0.3) is 5.56 Å². The monoisotopic (exact) mass is 290 g/mol. The molecule has 0 unspecified atom stereocenters. The van der Waals surface area contributed by atoms with Crippen molar-refractivity contribution < 1.29 is 4.74 Å². The number of hydrogen-bond acceptors (Lipinski definition) is 5. The van der Waals surface area contributed by atoms with E-state index in [1.807, 2.05) is 18.4 Å². The van der Waals surface area contributed by atoms with Crippen LogP contribution in [0.1, 0.15) is 17.0 Å². The minimum Gasteiger partial charge on any atom is -0.378 e. The van der Waals surface area contributed by atoms with Gasteiger partial charge in [0.1, 0.15) is 4.70 Å². The quantitative estimate of drug-likeness (QED) is 0.793. The average molecular weight is 290 g/mol. The highest BCUT2D eigenvalue weighted by Crippen LogP contribution is 2.19. The Hall–Kier alpha value is -1.99. The molecule has 0 aliphatic carbocycles. The first-order chi connectivity index (χ1) is 9.69. The van der Waals surface area contributed by atoms with Crippen molar-refractivity contribution in [1.82, 2.24) is 19.7 Å². The highest BCUT2D eigenvalue weighted by atomic mass is 32.1. The van der Waals surface area contributed by atoms with Crippen LogP contribution in [-0.4, -0.2) is 26.9 Å². The molecule has 0 radical (unpaired) electrons. The number of aromatic amines is 1. The van der Waals surface area contributed by atoms with Gasteiger partial charge in [-0.25, -0.2) is 4.98 Å². The molecule has 104 valence electrons. The first-order valence-corrected chi connectivity index (χ1v) is 7.02. The van der Waals surface area contributed by atoms with Crippen molar-refractivity contribution in [3.8, 4) is 0 Å². The van der Waals surface area contributed by atoms with Crippen LogP contribution in [0, 0.1) is 6.92 Å². The van der Waals surface area contributed by atoms with Gasteiger partial charge in [0.15, 0.2) is 0 Å². The van der Waals surface area contributed by atoms with Gasteiger partial charge in [-0.2, -0.15) is 5.10 Å². The molecule has 3 heterocycles. The van der Waals surface area contributed by atoms with Crippen molar-refractivity contribution >= 4 is 21.6 Å². The smallest absolute Gasteiger partial charge is 0.271 e. The normalized spacial score (nSPS) is 11.3. The topological polar surface area (TPSA) is 72.8 Å². The van der Waals surface area contributed by atoms with E-state index < -0.39 is 0 Å². The first-order valence-electron chi connectivity index (χ1n) is 6.14. The Labute approximate surface area is 119 Å². The minimum atomic E-state index is -0.0176. The van der Waals surface area contributed by atoms with Gasteiger partial charge >= 0.3 is 0 Å². The lowest BCUT2D eigenvalue weighted by Crippen LogP contribution is -2.20. The summed E-state index contributed by atoms with van der Waals surface area (Å²) in [4.78, 5) is 16.7. The lowest BCUT2D eigenvalue weighted by Gasteiger charge is -2.02. The van der Waals surface area contributed by atoms with E-state index in [0.717, 1.165) is 22.5 Å². The largest absolute Gasteiger partial charge is 0.378 e. The number of H-pyrrole nitrogens is 1. The number of thiophene rings is 1. The van der Waals surface area contributed by atoms with Gasteiger partial charge in [0, 0.05) is 7.11 Å². The van der Waals surface area contributed by atoms with E-state index in [1.54, 1.807) is 18.0 Å². The molecule has 0 saturated heterocycles. The first kappa shape index (κ1) is 13.0. The zero-order chi connectivity index (χ0) is 14.1. The van der Waals surface area contributed by atoms with E-state index in [1.165, 1.54) is 11.3 Å². The Morgan fingerprint density at radius 2 is 2.35 bits per heavy atom. The summed E-state index contributed by atoms with van der Waals surface area (Å²) >= 11 is 1.44. The molecule has 0 fully saturated rings. The second kappa shape index (κ2) is 5.18. The van der Waals surface area contributed by atoms with Gasteiger partial charge < -0.3 is 4.74 Å². The van der Waals surface area contributed by atoms with E-state index >= 15 is 0 Å². The van der Waals surface area contributed by atoms with E-state index in [0.29, 0.717) is 17.9 Å².